The first-order valence-electron chi connectivity index (χ1n) is 8.69. The van der Waals surface area contributed by atoms with Crippen molar-refractivity contribution in [2.75, 3.05) is 5.32 Å². The predicted octanol–water partition coefficient (Wildman–Crippen LogP) is 4.77. The van der Waals surface area contributed by atoms with Crippen molar-refractivity contribution in [1.82, 2.24) is 5.32 Å². The van der Waals surface area contributed by atoms with Gasteiger partial charge in [-0.05, 0) is 57.2 Å². The summed E-state index contributed by atoms with van der Waals surface area (Å²) in [6, 6.07) is 11.7. The van der Waals surface area contributed by atoms with Gasteiger partial charge < -0.3 is 15.4 Å². The van der Waals surface area contributed by atoms with Gasteiger partial charge in [0.05, 0.1) is 0 Å². The number of hydrogen-bond donors (Lipinski definition) is 2. The Hall–Kier alpha value is -3.29. The molecule has 0 radical (unpaired) electrons. The first-order valence-corrected chi connectivity index (χ1v) is 8.69. The van der Waals surface area contributed by atoms with Crippen LogP contribution in [0.25, 0.3) is 6.08 Å². The molecular weight excluding hydrogens is 385 g/mol. The summed E-state index contributed by atoms with van der Waals surface area (Å²) in [7, 11) is 0. The molecule has 2 N–H and O–H groups in total. The van der Waals surface area contributed by atoms with Crippen LogP contribution in [0.3, 0.4) is 0 Å². The van der Waals surface area contributed by atoms with E-state index in [2.05, 4.69) is 15.4 Å². The Labute approximate surface area is 166 Å². The van der Waals surface area contributed by atoms with E-state index in [1.54, 1.807) is 24.3 Å². The Morgan fingerprint density at radius 3 is 2.17 bits per heavy atom. The highest BCUT2D eigenvalue weighted by atomic mass is 19.4. The van der Waals surface area contributed by atoms with Crippen molar-refractivity contribution in [2.45, 2.75) is 32.7 Å². The Morgan fingerprint density at radius 1 is 0.966 bits per heavy atom. The monoisotopic (exact) mass is 406 g/mol. The second-order valence-corrected chi connectivity index (χ2v) is 7.19. The van der Waals surface area contributed by atoms with Gasteiger partial charge in [-0.1, -0.05) is 18.2 Å². The van der Waals surface area contributed by atoms with Gasteiger partial charge in [-0.15, -0.1) is 13.2 Å². The maximum Gasteiger partial charge on any atom is 0.573 e. The van der Waals surface area contributed by atoms with Crippen molar-refractivity contribution >= 4 is 23.6 Å². The summed E-state index contributed by atoms with van der Waals surface area (Å²) in [5.74, 6) is -1.19. The summed E-state index contributed by atoms with van der Waals surface area (Å²) in [5.41, 5.74) is 0.605. The summed E-state index contributed by atoms with van der Waals surface area (Å²) < 4.78 is 41.2. The van der Waals surface area contributed by atoms with E-state index in [-0.39, 0.29) is 17.0 Å². The van der Waals surface area contributed by atoms with Gasteiger partial charge in [0.15, 0.2) is 0 Å². The average Bonchev–Trinajstić information content (AvgIpc) is 2.59. The van der Waals surface area contributed by atoms with Crippen molar-refractivity contribution in [3.05, 3.63) is 65.7 Å². The number of para-hydroxylation sites is 1. The Bertz CT molecular complexity index is 899. The van der Waals surface area contributed by atoms with Crippen LogP contribution in [0, 0.1) is 0 Å². The summed E-state index contributed by atoms with van der Waals surface area (Å²) in [4.78, 5) is 24.1. The fraction of sp³-hybridized carbons (Fsp3) is 0.238. The molecule has 0 aromatic heterocycles. The number of alkyl halides is 3. The van der Waals surface area contributed by atoms with E-state index in [1.807, 2.05) is 20.8 Å². The molecule has 0 aliphatic carbocycles. The van der Waals surface area contributed by atoms with Gasteiger partial charge in [0.2, 0.25) is 5.91 Å². The number of carbonyl (C=O) groups excluding carboxylic acids is 2. The van der Waals surface area contributed by atoms with Crippen LogP contribution < -0.4 is 15.4 Å². The maximum atomic E-state index is 12.4. The first kappa shape index (κ1) is 22.0. The highest BCUT2D eigenvalue weighted by Gasteiger charge is 2.31. The molecule has 0 saturated carbocycles. The zero-order valence-corrected chi connectivity index (χ0v) is 16.1. The fourth-order valence-electron chi connectivity index (χ4n) is 2.30. The summed E-state index contributed by atoms with van der Waals surface area (Å²) in [6.45, 7) is 5.59. The lowest BCUT2D eigenvalue weighted by Gasteiger charge is -2.20. The molecule has 5 nitrogen and oxygen atoms in total. The topological polar surface area (TPSA) is 67.4 Å². The van der Waals surface area contributed by atoms with E-state index < -0.39 is 18.0 Å². The van der Waals surface area contributed by atoms with Crippen molar-refractivity contribution in [2.24, 2.45) is 0 Å². The third-order valence-electron chi connectivity index (χ3n) is 3.46. The minimum absolute atomic E-state index is 0.106. The third kappa shape index (κ3) is 7.69. The molecule has 8 heteroatoms. The number of rotatable bonds is 5. The van der Waals surface area contributed by atoms with Gasteiger partial charge in [0.25, 0.3) is 5.91 Å². The lowest BCUT2D eigenvalue weighted by atomic mass is 10.1. The zero-order chi connectivity index (χ0) is 21.7. The highest BCUT2D eigenvalue weighted by molar-refractivity contribution is 6.02. The highest BCUT2D eigenvalue weighted by Crippen LogP contribution is 2.27. The quantitative estimate of drug-likeness (QED) is 0.704. The van der Waals surface area contributed by atoms with Gasteiger partial charge in [0, 0.05) is 28.4 Å². The number of carbonyl (C=O) groups is 2. The van der Waals surface area contributed by atoms with Crippen LogP contribution in [-0.4, -0.2) is 23.7 Å². The Balaban J connectivity index is 2.02. The molecule has 0 aliphatic rings. The number of hydrogen-bond acceptors (Lipinski definition) is 3. The predicted molar refractivity (Wildman–Crippen MR) is 104 cm³/mol. The molecule has 2 aromatic carbocycles. The molecule has 154 valence electrons. The number of halogens is 3. The number of nitrogens with one attached hydrogen (secondary N) is 2. The van der Waals surface area contributed by atoms with Gasteiger partial charge in [-0.3, -0.25) is 9.59 Å². The van der Waals surface area contributed by atoms with E-state index in [0.717, 1.165) is 12.1 Å². The summed E-state index contributed by atoms with van der Waals surface area (Å²) >= 11 is 0. The fourth-order valence-corrected chi connectivity index (χ4v) is 2.30. The zero-order valence-electron chi connectivity index (χ0n) is 16.1. The van der Waals surface area contributed by atoms with E-state index in [4.69, 9.17) is 0 Å². The smallest absolute Gasteiger partial charge is 0.405 e. The van der Waals surface area contributed by atoms with Crippen molar-refractivity contribution in [1.29, 1.82) is 0 Å². The molecule has 2 amide bonds. The van der Waals surface area contributed by atoms with Gasteiger partial charge in [0.1, 0.15) is 5.75 Å². The maximum absolute atomic E-state index is 12.4. The van der Waals surface area contributed by atoms with Crippen molar-refractivity contribution in [3.63, 3.8) is 0 Å². The normalized spacial score (nSPS) is 11.9. The number of amides is 2. The third-order valence-corrected chi connectivity index (χ3v) is 3.46. The summed E-state index contributed by atoms with van der Waals surface area (Å²) in [5, 5.41) is 5.40. The average molecular weight is 406 g/mol. The van der Waals surface area contributed by atoms with Crippen LogP contribution in [0.1, 0.15) is 36.7 Å². The molecule has 0 saturated heterocycles. The summed E-state index contributed by atoms with van der Waals surface area (Å²) in [6.07, 6.45) is -2.51. The van der Waals surface area contributed by atoms with Crippen LogP contribution in [0.2, 0.25) is 0 Å². The van der Waals surface area contributed by atoms with Crippen molar-refractivity contribution < 1.29 is 27.5 Å². The lowest BCUT2D eigenvalue weighted by Crippen LogP contribution is -2.40. The SMILES string of the molecule is CC(C)(C)NC(=O)c1ccc(NC(=O)/C=C/c2ccccc2OC(F)(F)F)cc1. The first-order chi connectivity index (χ1) is 13.4. The van der Waals surface area contributed by atoms with Crippen LogP contribution in [0.15, 0.2) is 54.6 Å². The molecule has 0 fully saturated rings. The molecule has 0 aliphatic heterocycles. The molecule has 0 spiro atoms. The van der Waals surface area contributed by atoms with Crippen LogP contribution >= 0.6 is 0 Å². The number of anilines is 1. The Morgan fingerprint density at radius 2 is 1.59 bits per heavy atom. The molecule has 2 aromatic rings. The van der Waals surface area contributed by atoms with Crippen molar-refractivity contribution in [3.8, 4) is 5.75 Å². The van der Waals surface area contributed by atoms with Crippen LogP contribution in [0.5, 0.6) is 5.75 Å². The largest absolute Gasteiger partial charge is 0.573 e. The number of benzene rings is 2. The van der Waals surface area contributed by atoms with E-state index in [0.29, 0.717) is 11.3 Å². The number of ether oxygens (including phenoxy) is 1. The standard InChI is InChI=1S/C21H21F3N2O3/c1-20(2,3)26-19(28)15-8-11-16(12-9-15)25-18(27)13-10-14-6-4-5-7-17(14)29-21(22,23)24/h4-13H,1-3H3,(H,25,27)(H,26,28)/b13-10+. The van der Waals surface area contributed by atoms with E-state index in [1.165, 1.54) is 24.3 Å². The van der Waals surface area contributed by atoms with E-state index >= 15 is 0 Å². The van der Waals surface area contributed by atoms with Gasteiger partial charge in [-0.25, -0.2) is 0 Å². The lowest BCUT2D eigenvalue weighted by molar-refractivity contribution is -0.274. The van der Waals surface area contributed by atoms with Gasteiger partial charge >= 0.3 is 6.36 Å². The molecule has 29 heavy (non-hydrogen) atoms. The van der Waals surface area contributed by atoms with Crippen LogP contribution in [0.4, 0.5) is 18.9 Å². The molecule has 0 bridgehead atoms. The second kappa shape index (κ2) is 8.81. The van der Waals surface area contributed by atoms with E-state index in [9.17, 15) is 22.8 Å². The molecule has 0 atom stereocenters. The second-order valence-electron chi connectivity index (χ2n) is 7.19. The molecule has 0 heterocycles. The molecular formula is C21H21F3N2O3. The minimum Gasteiger partial charge on any atom is -0.405 e. The van der Waals surface area contributed by atoms with Crippen LogP contribution in [-0.2, 0) is 4.79 Å². The Kier molecular flexibility index (Phi) is 6.68. The minimum atomic E-state index is -4.83. The molecule has 2 rings (SSSR count). The van der Waals surface area contributed by atoms with Gasteiger partial charge in [-0.2, -0.15) is 0 Å². The molecule has 0 unspecified atom stereocenters.